The molecule has 0 bridgehead atoms. The van der Waals surface area contributed by atoms with Crippen LogP contribution in [0.2, 0.25) is 0 Å². The second-order valence-electron chi connectivity index (χ2n) is 3.64. The van der Waals surface area contributed by atoms with Crippen LogP contribution >= 0.6 is 11.3 Å². The van der Waals surface area contributed by atoms with Gasteiger partial charge in [0.2, 0.25) is 0 Å². The van der Waals surface area contributed by atoms with Gasteiger partial charge in [-0.15, -0.1) is 11.3 Å². The normalized spacial score (nSPS) is 10.7. The summed E-state index contributed by atoms with van der Waals surface area (Å²) < 4.78 is 28.4. The topological polar surface area (TPSA) is 34.1 Å². The Morgan fingerprint density at radius 1 is 1.44 bits per heavy atom. The molecule has 18 heavy (non-hydrogen) atoms. The van der Waals surface area contributed by atoms with Crippen LogP contribution in [0.5, 0.6) is 5.75 Å². The lowest BCUT2D eigenvalue weighted by atomic mass is 10.3. The Labute approximate surface area is 107 Å². The van der Waals surface area contributed by atoms with Gasteiger partial charge in [-0.25, -0.2) is 4.98 Å². The van der Waals surface area contributed by atoms with Crippen molar-refractivity contribution in [3.05, 3.63) is 40.3 Å². The molecule has 0 saturated carbocycles. The lowest BCUT2D eigenvalue weighted by Gasteiger charge is -2.08. The largest absolute Gasteiger partial charge is 0.435 e. The van der Waals surface area contributed by atoms with Gasteiger partial charge in [0.05, 0.1) is 6.54 Å². The van der Waals surface area contributed by atoms with E-state index < -0.39 is 6.61 Å². The van der Waals surface area contributed by atoms with E-state index in [-0.39, 0.29) is 5.75 Å². The van der Waals surface area contributed by atoms with E-state index in [2.05, 4.69) is 15.0 Å². The summed E-state index contributed by atoms with van der Waals surface area (Å²) in [6.07, 6.45) is 0. The number of aryl methyl sites for hydroxylation is 1. The van der Waals surface area contributed by atoms with Crippen molar-refractivity contribution in [2.75, 3.05) is 5.32 Å². The first-order valence-corrected chi connectivity index (χ1v) is 6.21. The number of hydrogen-bond donors (Lipinski definition) is 1. The predicted molar refractivity (Wildman–Crippen MR) is 67.3 cm³/mol. The maximum atomic E-state index is 12.1. The Hall–Kier alpha value is -1.69. The van der Waals surface area contributed by atoms with Gasteiger partial charge in [0.15, 0.2) is 0 Å². The van der Waals surface area contributed by atoms with E-state index in [4.69, 9.17) is 0 Å². The highest BCUT2D eigenvalue weighted by Gasteiger charge is 2.05. The van der Waals surface area contributed by atoms with E-state index in [1.807, 2.05) is 12.3 Å². The number of benzene rings is 1. The molecule has 6 heteroatoms. The lowest BCUT2D eigenvalue weighted by molar-refractivity contribution is -0.0498. The molecule has 96 valence electrons. The molecule has 0 fully saturated rings. The van der Waals surface area contributed by atoms with Gasteiger partial charge < -0.3 is 10.1 Å². The summed E-state index contributed by atoms with van der Waals surface area (Å²) in [7, 11) is 0. The first-order valence-electron chi connectivity index (χ1n) is 5.33. The molecular formula is C12H12F2N2OS. The van der Waals surface area contributed by atoms with Gasteiger partial charge in [-0.1, -0.05) is 6.07 Å². The highest BCUT2D eigenvalue weighted by atomic mass is 32.1. The van der Waals surface area contributed by atoms with E-state index >= 15 is 0 Å². The molecule has 0 aliphatic rings. The quantitative estimate of drug-likeness (QED) is 0.900. The van der Waals surface area contributed by atoms with Crippen LogP contribution < -0.4 is 10.1 Å². The minimum Gasteiger partial charge on any atom is -0.435 e. The van der Waals surface area contributed by atoms with Crippen LogP contribution in [0.25, 0.3) is 0 Å². The van der Waals surface area contributed by atoms with Gasteiger partial charge >= 0.3 is 6.61 Å². The van der Waals surface area contributed by atoms with Crippen LogP contribution in [-0.4, -0.2) is 11.6 Å². The Bertz CT molecular complexity index is 516. The maximum Gasteiger partial charge on any atom is 0.387 e. The summed E-state index contributed by atoms with van der Waals surface area (Å²) in [4.78, 5) is 4.30. The third-order valence-corrected chi connectivity index (χ3v) is 3.14. The minimum absolute atomic E-state index is 0.144. The summed E-state index contributed by atoms with van der Waals surface area (Å²) in [6.45, 7) is -0.310. The second-order valence-corrected chi connectivity index (χ2v) is 4.59. The molecule has 1 aromatic heterocycles. The summed E-state index contributed by atoms with van der Waals surface area (Å²) in [5.74, 6) is 0.144. The molecule has 1 heterocycles. The van der Waals surface area contributed by atoms with Crippen LogP contribution in [0.3, 0.4) is 0 Å². The van der Waals surface area contributed by atoms with Crippen molar-refractivity contribution in [3.8, 4) is 5.75 Å². The van der Waals surface area contributed by atoms with E-state index in [0.717, 1.165) is 16.4 Å². The van der Waals surface area contributed by atoms with Crippen molar-refractivity contribution in [1.29, 1.82) is 0 Å². The van der Waals surface area contributed by atoms with Crippen LogP contribution in [0.4, 0.5) is 14.5 Å². The molecule has 0 atom stereocenters. The molecule has 1 N–H and O–H groups in total. The van der Waals surface area contributed by atoms with Gasteiger partial charge in [-0.2, -0.15) is 8.78 Å². The minimum atomic E-state index is -2.80. The summed E-state index contributed by atoms with van der Waals surface area (Å²) in [5, 5.41) is 6.03. The number of rotatable bonds is 5. The number of hydrogen-bond acceptors (Lipinski definition) is 4. The van der Waals surface area contributed by atoms with Gasteiger partial charge in [-0.05, 0) is 19.1 Å². The van der Waals surface area contributed by atoms with Crippen LogP contribution in [0, 0.1) is 6.92 Å². The van der Waals surface area contributed by atoms with Gasteiger partial charge in [0.25, 0.3) is 0 Å². The number of anilines is 1. The molecule has 0 unspecified atom stereocenters. The van der Waals surface area contributed by atoms with Crippen LogP contribution in [0.1, 0.15) is 10.7 Å². The molecule has 1 aromatic carbocycles. The van der Waals surface area contributed by atoms with Crippen molar-refractivity contribution in [3.63, 3.8) is 0 Å². The fourth-order valence-corrected chi connectivity index (χ4v) is 2.16. The fourth-order valence-electron chi connectivity index (χ4n) is 1.44. The number of aromatic nitrogens is 1. The second kappa shape index (κ2) is 5.77. The first kappa shape index (κ1) is 12.8. The number of nitrogens with one attached hydrogen (secondary N) is 1. The molecule has 0 aliphatic heterocycles. The predicted octanol–water partition coefficient (Wildman–Crippen LogP) is 3.67. The highest BCUT2D eigenvalue weighted by Crippen LogP contribution is 2.20. The Morgan fingerprint density at radius 3 is 2.94 bits per heavy atom. The van der Waals surface area contributed by atoms with Crippen molar-refractivity contribution in [2.24, 2.45) is 0 Å². The number of nitrogens with zero attached hydrogens (tertiary/aromatic N) is 1. The maximum absolute atomic E-state index is 12.1. The zero-order valence-electron chi connectivity index (χ0n) is 9.69. The molecule has 0 radical (unpaired) electrons. The van der Waals surface area contributed by atoms with Crippen molar-refractivity contribution in [2.45, 2.75) is 20.1 Å². The molecule has 0 amide bonds. The van der Waals surface area contributed by atoms with Crippen molar-refractivity contribution < 1.29 is 13.5 Å². The first-order chi connectivity index (χ1) is 8.63. The Morgan fingerprint density at radius 2 is 2.28 bits per heavy atom. The zero-order chi connectivity index (χ0) is 13.0. The number of ether oxygens (including phenoxy) is 1. The molecule has 0 spiro atoms. The number of thiazole rings is 1. The monoisotopic (exact) mass is 270 g/mol. The molecule has 2 aromatic rings. The molecule has 0 aliphatic carbocycles. The average molecular weight is 270 g/mol. The van der Waals surface area contributed by atoms with Crippen molar-refractivity contribution in [1.82, 2.24) is 4.98 Å². The Balaban J connectivity index is 1.96. The zero-order valence-corrected chi connectivity index (χ0v) is 10.5. The molecule has 3 nitrogen and oxygen atoms in total. The van der Waals surface area contributed by atoms with Crippen LogP contribution in [0.15, 0.2) is 29.6 Å². The summed E-state index contributed by atoms with van der Waals surface area (Å²) >= 11 is 1.56. The van der Waals surface area contributed by atoms with E-state index in [0.29, 0.717) is 6.54 Å². The van der Waals surface area contributed by atoms with E-state index in [9.17, 15) is 8.78 Å². The molecule has 0 saturated heterocycles. The van der Waals surface area contributed by atoms with Crippen LogP contribution in [-0.2, 0) is 6.54 Å². The van der Waals surface area contributed by atoms with Gasteiger partial charge in [-0.3, -0.25) is 0 Å². The van der Waals surface area contributed by atoms with E-state index in [1.165, 1.54) is 12.1 Å². The molecular weight excluding hydrogens is 258 g/mol. The highest BCUT2D eigenvalue weighted by molar-refractivity contribution is 7.09. The standard InChI is InChI=1S/C12H12F2N2OS/c1-8-7-18-11(16-8)6-15-9-3-2-4-10(5-9)17-12(13)14/h2-5,7,12,15H,6H2,1H3. The van der Waals surface area contributed by atoms with Crippen molar-refractivity contribution >= 4 is 17.0 Å². The number of halogens is 2. The van der Waals surface area contributed by atoms with Gasteiger partial charge in [0.1, 0.15) is 10.8 Å². The summed E-state index contributed by atoms with van der Waals surface area (Å²) in [6, 6.07) is 6.48. The SMILES string of the molecule is Cc1csc(CNc2cccc(OC(F)F)c2)n1. The summed E-state index contributed by atoms with van der Waals surface area (Å²) in [5.41, 5.74) is 1.70. The third-order valence-electron chi connectivity index (χ3n) is 2.17. The van der Waals surface area contributed by atoms with Gasteiger partial charge in [0, 0.05) is 22.8 Å². The Kier molecular flexibility index (Phi) is 4.09. The molecule has 2 rings (SSSR count). The number of alkyl halides is 2. The lowest BCUT2D eigenvalue weighted by Crippen LogP contribution is -2.03. The van der Waals surface area contributed by atoms with E-state index in [1.54, 1.807) is 23.5 Å². The fraction of sp³-hybridized carbons (Fsp3) is 0.250. The third kappa shape index (κ3) is 3.66. The average Bonchev–Trinajstić information content (AvgIpc) is 2.72. The smallest absolute Gasteiger partial charge is 0.387 e.